The van der Waals surface area contributed by atoms with Crippen LogP contribution in [0.1, 0.15) is 34.8 Å². The van der Waals surface area contributed by atoms with Gasteiger partial charge in [-0.25, -0.2) is 10.4 Å². The van der Waals surface area contributed by atoms with Crippen LogP contribution < -0.4 is 15.6 Å². The lowest BCUT2D eigenvalue weighted by molar-refractivity contribution is -0.130. The number of nitrogens with one attached hydrogen (secondary N) is 2. The zero-order chi connectivity index (χ0) is 31.1. The number of hydrazine groups is 1. The van der Waals surface area contributed by atoms with Crippen molar-refractivity contribution in [3.63, 3.8) is 0 Å². The summed E-state index contributed by atoms with van der Waals surface area (Å²) in [5.41, 5.74) is 7.30. The molecule has 0 radical (unpaired) electrons. The van der Waals surface area contributed by atoms with Gasteiger partial charge in [-0.3, -0.25) is 10.2 Å². The normalized spacial score (nSPS) is 17.6. The number of carbonyl (C=O) groups is 1. The summed E-state index contributed by atoms with van der Waals surface area (Å²) in [5, 5.41) is 10.7. The molecule has 4 aromatic rings. The molecule has 5 rings (SSSR count). The molecule has 1 aliphatic heterocycles. The molecule has 0 fully saturated rings. The summed E-state index contributed by atoms with van der Waals surface area (Å²) in [6.45, 7) is 0.719. The van der Waals surface area contributed by atoms with Crippen LogP contribution in [0.25, 0.3) is 0 Å². The molecule has 0 unspecified atom stereocenters. The van der Waals surface area contributed by atoms with Gasteiger partial charge in [0.1, 0.15) is 5.75 Å². The average Bonchev–Trinajstić information content (AvgIpc) is 3.40. The first kappa shape index (κ1) is 32.1. The van der Waals surface area contributed by atoms with E-state index in [1.54, 1.807) is 42.5 Å². The Balaban J connectivity index is 1.52. The molecule has 0 saturated heterocycles. The van der Waals surface area contributed by atoms with Gasteiger partial charge in [0.05, 0.1) is 16.7 Å². The molecule has 0 aromatic heterocycles. The molecular weight excluding hydrogens is 644 g/mol. The van der Waals surface area contributed by atoms with Crippen molar-refractivity contribution in [2.24, 2.45) is 4.99 Å². The summed E-state index contributed by atoms with van der Waals surface area (Å²) in [5.74, 6) is 0.493. The summed E-state index contributed by atoms with van der Waals surface area (Å²) in [6, 6.07) is 27.1. The number of amides is 1. The lowest BCUT2D eigenvalue weighted by Gasteiger charge is -2.31. The van der Waals surface area contributed by atoms with E-state index in [-0.39, 0.29) is 25.5 Å². The van der Waals surface area contributed by atoms with Gasteiger partial charge in [0.25, 0.3) is 5.91 Å². The highest BCUT2D eigenvalue weighted by Crippen LogP contribution is 2.45. The Morgan fingerprint density at radius 1 is 0.886 bits per heavy atom. The quantitative estimate of drug-likeness (QED) is 0.108. The van der Waals surface area contributed by atoms with E-state index in [1.165, 1.54) is 0 Å². The van der Waals surface area contributed by atoms with Crippen LogP contribution >= 0.6 is 46.4 Å². The monoisotopic (exact) mass is 671 g/mol. The second-order valence-electron chi connectivity index (χ2n) is 10.2. The van der Waals surface area contributed by atoms with Crippen LogP contribution in [0.15, 0.2) is 96.0 Å². The van der Waals surface area contributed by atoms with Crippen LogP contribution in [0.5, 0.6) is 5.75 Å². The largest absolute Gasteiger partial charge is 0.494 e. The number of carbonyl (C=O) groups excluding carboxylic acids is 1. The molecular formula is C33H29Cl4N3O4. The van der Waals surface area contributed by atoms with Crippen LogP contribution in [0.4, 0.5) is 0 Å². The third-order valence-electron chi connectivity index (χ3n) is 7.07. The van der Waals surface area contributed by atoms with Crippen molar-refractivity contribution in [1.82, 2.24) is 10.9 Å². The van der Waals surface area contributed by atoms with E-state index in [1.807, 2.05) is 48.5 Å². The third-order valence-corrected chi connectivity index (χ3v) is 8.37. The standard InChI is InChI=1S/C33H29Cl4N3O4/c34-24-10-13-26(28(36)18-24)30-33(19-21-5-2-1-3-6-21,32(42)40-38-20-22-7-14-27(35)29(37)17-22)39-31(44-30)23-8-11-25(12-9-23)43-16-4-15-41/h1-3,5-14,17-18,30,38,41H,4,15-16,19-20H2,(H,40,42)/t30-,33-/m0/s1. The smallest absolute Gasteiger partial charge is 0.266 e. The number of benzene rings is 4. The van der Waals surface area contributed by atoms with Gasteiger partial charge in [0.2, 0.25) is 5.90 Å². The number of nitrogens with zero attached hydrogens (tertiary/aromatic N) is 1. The first-order valence-corrected chi connectivity index (χ1v) is 15.4. The highest BCUT2D eigenvalue weighted by Gasteiger charge is 2.54. The van der Waals surface area contributed by atoms with Crippen molar-refractivity contribution >= 4 is 58.2 Å². The van der Waals surface area contributed by atoms with E-state index >= 15 is 0 Å². The Labute approximate surface area is 275 Å². The molecule has 4 aromatic carbocycles. The van der Waals surface area contributed by atoms with Gasteiger partial charge in [-0.2, -0.15) is 0 Å². The Morgan fingerprint density at radius 3 is 2.36 bits per heavy atom. The van der Waals surface area contributed by atoms with Crippen LogP contribution in [0, 0.1) is 0 Å². The summed E-state index contributed by atoms with van der Waals surface area (Å²) >= 11 is 25.2. The number of rotatable bonds is 12. The van der Waals surface area contributed by atoms with Gasteiger partial charge in [-0.05, 0) is 59.7 Å². The van der Waals surface area contributed by atoms with Crippen molar-refractivity contribution in [2.75, 3.05) is 13.2 Å². The van der Waals surface area contributed by atoms with E-state index in [0.29, 0.717) is 50.0 Å². The summed E-state index contributed by atoms with van der Waals surface area (Å²) < 4.78 is 12.2. The van der Waals surface area contributed by atoms with Gasteiger partial charge in [0.15, 0.2) is 11.6 Å². The molecule has 44 heavy (non-hydrogen) atoms. The Bertz CT molecular complexity index is 1640. The zero-order valence-corrected chi connectivity index (χ0v) is 26.4. The van der Waals surface area contributed by atoms with Gasteiger partial charge < -0.3 is 14.6 Å². The molecule has 0 spiro atoms. The highest BCUT2D eigenvalue weighted by molar-refractivity contribution is 6.42. The van der Waals surface area contributed by atoms with E-state index in [9.17, 15) is 4.79 Å². The molecule has 11 heteroatoms. The molecule has 2 atom stereocenters. The fraction of sp³-hybridized carbons (Fsp3) is 0.212. The van der Waals surface area contributed by atoms with Crippen molar-refractivity contribution in [1.29, 1.82) is 0 Å². The Kier molecular flexibility index (Phi) is 10.7. The Hall–Kier alpha value is -3.30. The third kappa shape index (κ3) is 7.49. The van der Waals surface area contributed by atoms with Crippen LogP contribution in [0.2, 0.25) is 20.1 Å². The number of hydrogen-bond acceptors (Lipinski definition) is 6. The summed E-state index contributed by atoms with van der Waals surface area (Å²) in [7, 11) is 0. The van der Waals surface area contributed by atoms with E-state index < -0.39 is 17.6 Å². The molecule has 1 heterocycles. The predicted molar refractivity (Wildman–Crippen MR) is 175 cm³/mol. The Morgan fingerprint density at radius 2 is 1.66 bits per heavy atom. The van der Waals surface area contributed by atoms with Crippen molar-refractivity contribution in [3.05, 3.63) is 133 Å². The molecule has 228 valence electrons. The maximum Gasteiger partial charge on any atom is 0.266 e. The van der Waals surface area contributed by atoms with Gasteiger partial charge >= 0.3 is 0 Å². The molecule has 1 aliphatic rings. The SMILES string of the molecule is O=C(NNCc1ccc(Cl)c(Cl)c1)[C@@]1(Cc2ccccc2)N=C(c2ccc(OCCCO)cc2)O[C@H]1c1ccc(Cl)cc1Cl. The molecule has 0 aliphatic carbocycles. The number of aliphatic imine (C=N–C) groups is 1. The number of aliphatic hydroxyl groups is 1. The van der Waals surface area contributed by atoms with Gasteiger partial charge in [-0.1, -0.05) is 88.9 Å². The van der Waals surface area contributed by atoms with E-state index in [2.05, 4.69) is 10.9 Å². The lowest BCUT2D eigenvalue weighted by Crippen LogP contribution is -2.53. The van der Waals surface area contributed by atoms with Crippen molar-refractivity contribution in [3.8, 4) is 5.75 Å². The average molecular weight is 673 g/mol. The van der Waals surface area contributed by atoms with Crippen LogP contribution in [0.3, 0.4) is 0 Å². The molecule has 3 N–H and O–H groups in total. The van der Waals surface area contributed by atoms with E-state index in [4.69, 9.17) is 66.0 Å². The number of aliphatic hydroxyl groups excluding tert-OH is 1. The predicted octanol–water partition coefficient (Wildman–Crippen LogP) is 7.38. The second kappa shape index (κ2) is 14.7. The zero-order valence-electron chi connectivity index (χ0n) is 23.4. The van der Waals surface area contributed by atoms with Crippen molar-refractivity contribution in [2.45, 2.75) is 31.0 Å². The fourth-order valence-electron chi connectivity index (χ4n) is 4.86. The van der Waals surface area contributed by atoms with Crippen molar-refractivity contribution < 1.29 is 19.4 Å². The van der Waals surface area contributed by atoms with Crippen LogP contribution in [-0.4, -0.2) is 35.7 Å². The second-order valence-corrected chi connectivity index (χ2v) is 11.8. The van der Waals surface area contributed by atoms with Gasteiger partial charge in [0, 0.05) is 47.2 Å². The van der Waals surface area contributed by atoms with E-state index in [0.717, 1.165) is 11.1 Å². The maximum absolute atomic E-state index is 14.3. The number of hydrogen-bond donors (Lipinski definition) is 3. The highest BCUT2D eigenvalue weighted by atomic mass is 35.5. The van der Waals surface area contributed by atoms with Crippen LogP contribution in [-0.2, 0) is 22.5 Å². The number of ether oxygens (including phenoxy) is 2. The minimum Gasteiger partial charge on any atom is -0.494 e. The first-order valence-electron chi connectivity index (χ1n) is 13.9. The lowest BCUT2D eigenvalue weighted by atomic mass is 9.82. The summed E-state index contributed by atoms with van der Waals surface area (Å²) in [4.78, 5) is 19.3. The summed E-state index contributed by atoms with van der Waals surface area (Å²) in [6.07, 6.45) is -0.157. The van der Waals surface area contributed by atoms with Gasteiger partial charge in [-0.15, -0.1) is 0 Å². The topological polar surface area (TPSA) is 92.2 Å². The minimum absolute atomic E-state index is 0.0469. The molecule has 0 saturated carbocycles. The maximum atomic E-state index is 14.3. The fourth-order valence-corrected chi connectivity index (χ4v) is 5.69. The molecule has 1 amide bonds. The first-order chi connectivity index (χ1) is 21.3. The minimum atomic E-state index is -1.46. The molecule has 0 bridgehead atoms. The molecule has 7 nitrogen and oxygen atoms in total. The number of halogens is 4.